The summed E-state index contributed by atoms with van der Waals surface area (Å²) >= 11 is 0. The molecule has 11 heavy (non-hydrogen) atoms. The number of ketones is 1. The Labute approximate surface area is 65.4 Å². The van der Waals surface area contributed by atoms with E-state index in [0.717, 1.165) is 0 Å². The lowest BCUT2D eigenvalue weighted by molar-refractivity contribution is -0.144. The number of carboxylic acid groups (broad SMARTS) is 1. The van der Waals surface area contributed by atoms with Crippen LogP contribution in [0, 0.1) is 11.8 Å². The van der Waals surface area contributed by atoms with Gasteiger partial charge in [-0.25, -0.2) is 0 Å². The summed E-state index contributed by atoms with van der Waals surface area (Å²) in [7, 11) is 0. The van der Waals surface area contributed by atoms with Gasteiger partial charge in [0, 0.05) is 12.3 Å². The molecular formula is C8H12O3. The lowest BCUT2D eigenvalue weighted by Crippen LogP contribution is -2.27. The quantitative estimate of drug-likeness (QED) is 0.618. The monoisotopic (exact) mass is 156 g/mol. The second-order valence-electron chi connectivity index (χ2n) is 3.18. The standard InChI is InChI=1S/C8H12O3/c1-5-4-6(8(10)11)2-3-7(5)9/h5-6H,2-4H2,1H3,(H,10,11)/t5-,6-/m1/s1. The van der Waals surface area contributed by atoms with Crippen LogP contribution in [0.25, 0.3) is 0 Å². The second-order valence-corrected chi connectivity index (χ2v) is 3.18. The van der Waals surface area contributed by atoms with Gasteiger partial charge in [-0.3, -0.25) is 9.59 Å². The van der Waals surface area contributed by atoms with Crippen molar-refractivity contribution in [3.05, 3.63) is 0 Å². The van der Waals surface area contributed by atoms with E-state index in [9.17, 15) is 9.59 Å². The Morgan fingerprint density at radius 2 is 2.27 bits per heavy atom. The van der Waals surface area contributed by atoms with Crippen LogP contribution in [-0.2, 0) is 9.59 Å². The molecule has 0 unspecified atom stereocenters. The number of carboxylic acids is 1. The number of hydrogen-bond donors (Lipinski definition) is 1. The van der Waals surface area contributed by atoms with Crippen LogP contribution >= 0.6 is 0 Å². The summed E-state index contributed by atoms with van der Waals surface area (Å²) in [6.45, 7) is 1.80. The van der Waals surface area contributed by atoms with Crippen LogP contribution < -0.4 is 0 Å². The molecule has 62 valence electrons. The predicted octanol–water partition coefficient (Wildman–Crippen LogP) is 1.08. The molecule has 1 rings (SSSR count). The summed E-state index contributed by atoms with van der Waals surface area (Å²) in [6, 6.07) is 0. The minimum absolute atomic E-state index is 0.0511. The van der Waals surface area contributed by atoms with Crippen LogP contribution in [0.4, 0.5) is 0 Å². The number of Topliss-reactive ketones (excluding diaryl/α,β-unsaturated/α-hetero) is 1. The average Bonchev–Trinajstić information content (AvgIpc) is 1.94. The normalized spacial score (nSPS) is 31.9. The van der Waals surface area contributed by atoms with Crippen molar-refractivity contribution in [3.63, 3.8) is 0 Å². The third kappa shape index (κ3) is 1.79. The zero-order chi connectivity index (χ0) is 8.43. The smallest absolute Gasteiger partial charge is 0.306 e. The Morgan fingerprint density at radius 3 is 2.73 bits per heavy atom. The van der Waals surface area contributed by atoms with Gasteiger partial charge >= 0.3 is 5.97 Å². The number of aliphatic carboxylic acids is 1. The summed E-state index contributed by atoms with van der Waals surface area (Å²) in [5.74, 6) is -0.889. The molecule has 1 N–H and O–H groups in total. The predicted molar refractivity (Wildman–Crippen MR) is 39.1 cm³/mol. The van der Waals surface area contributed by atoms with Crippen LogP contribution in [0.3, 0.4) is 0 Å². The highest BCUT2D eigenvalue weighted by molar-refractivity contribution is 5.83. The first-order valence-corrected chi connectivity index (χ1v) is 3.86. The first-order chi connectivity index (χ1) is 5.11. The van der Waals surface area contributed by atoms with Gasteiger partial charge in [0.25, 0.3) is 0 Å². The Hall–Kier alpha value is -0.860. The molecule has 1 aliphatic rings. The molecule has 1 aliphatic carbocycles. The van der Waals surface area contributed by atoms with Crippen molar-refractivity contribution in [1.29, 1.82) is 0 Å². The van der Waals surface area contributed by atoms with Crippen LogP contribution in [0.15, 0.2) is 0 Å². The van der Waals surface area contributed by atoms with Gasteiger partial charge in [0.15, 0.2) is 0 Å². The number of hydrogen-bond acceptors (Lipinski definition) is 2. The number of rotatable bonds is 1. The van der Waals surface area contributed by atoms with E-state index < -0.39 is 5.97 Å². The SMILES string of the molecule is C[C@@H]1C[C@H](C(=O)O)CCC1=O. The van der Waals surface area contributed by atoms with Crippen LogP contribution in [0.5, 0.6) is 0 Å². The Bertz CT molecular complexity index is 186. The van der Waals surface area contributed by atoms with Gasteiger partial charge in [-0.05, 0) is 12.8 Å². The third-order valence-corrected chi connectivity index (χ3v) is 2.28. The van der Waals surface area contributed by atoms with Gasteiger partial charge in [0.2, 0.25) is 0 Å². The molecule has 0 amide bonds. The molecule has 3 heteroatoms. The fourth-order valence-electron chi connectivity index (χ4n) is 1.46. The maximum absolute atomic E-state index is 11.0. The lowest BCUT2D eigenvalue weighted by atomic mass is 9.82. The maximum atomic E-state index is 11.0. The second kappa shape index (κ2) is 3.03. The largest absolute Gasteiger partial charge is 0.481 e. The molecule has 0 aromatic carbocycles. The minimum atomic E-state index is -0.760. The first kappa shape index (κ1) is 8.24. The first-order valence-electron chi connectivity index (χ1n) is 3.86. The zero-order valence-corrected chi connectivity index (χ0v) is 6.54. The zero-order valence-electron chi connectivity index (χ0n) is 6.54. The van der Waals surface area contributed by atoms with Gasteiger partial charge < -0.3 is 5.11 Å². The molecule has 1 fully saturated rings. The van der Waals surface area contributed by atoms with E-state index in [0.29, 0.717) is 19.3 Å². The van der Waals surface area contributed by atoms with Crippen molar-refractivity contribution in [3.8, 4) is 0 Å². The van der Waals surface area contributed by atoms with Crippen molar-refractivity contribution in [2.24, 2.45) is 11.8 Å². The molecule has 1 saturated carbocycles. The van der Waals surface area contributed by atoms with Crippen LogP contribution in [0.1, 0.15) is 26.2 Å². The van der Waals surface area contributed by atoms with E-state index in [1.807, 2.05) is 0 Å². The molecular weight excluding hydrogens is 144 g/mol. The topological polar surface area (TPSA) is 54.4 Å². The Balaban J connectivity index is 2.52. The third-order valence-electron chi connectivity index (χ3n) is 2.28. The molecule has 0 spiro atoms. The fraction of sp³-hybridized carbons (Fsp3) is 0.750. The summed E-state index contributed by atoms with van der Waals surface area (Å²) in [4.78, 5) is 21.5. The van der Waals surface area contributed by atoms with Crippen molar-refractivity contribution in [2.75, 3.05) is 0 Å². The molecule has 2 atom stereocenters. The highest BCUT2D eigenvalue weighted by Crippen LogP contribution is 2.25. The van der Waals surface area contributed by atoms with Gasteiger partial charge in [0.05, 0.1) is 5.92 Å². The molecule has 0 saturated heterocycles. The Morgan fingerprint density at radius 1 is 1.64 bits per heavy atom. The van der Waals surface area contributed by atoms with Gasteiger partial charge in [-0.2, -0.15) is 0 Å². The van der Waals surface area contributed by atoms with Crippen LogP contribution in [0.2, 0.25) is 0 Å². The van der Waals surface area contributed by atoms with Crippen molar-refractivity contribution < 1.29 is 14.7 Å². The minimum Gasteiger partial charge on any atom is -0.481 e. The Kier molecular flexibility index (Phi) is 2.27. The number of carbonyl (C=O) groups excluding carboxylic acids is 1. The molecule has 0 aromatic rings. The van der Waals surface area contributed by atoms with E-state index in [1.54, 1.807) is 6.92 Å². The summed E-state index contributed by atoms with van der Waals surface area (Å²) in [6.07, 6.45) is 1.49. The van der Waals surface area contributed by atoms with Gasteiger partial charge in [-0.1, -0.05) is 6.92 Å². The van der Waals surface area contributed by atoms with E-state index >= 15 is 0 Å². The van der Waals surface area contributed by atoms with E-state index in [-0.39, 0.29) is 17.6 Å². The van der Waals surface area contributed by atoms with Crippen molar-refractivity contribution in [2.45, 2.75) is 26.2 Å². The van der Waals surface area contributed by atoms with E-state index in [1.165, 1.54) is 0 Å². The van der Waals surface area contributed by atoms with Crippen LogP contribution in [-0.4, -0.2) is 16.9 Å². The molecule has 0 bridgehead atoms. The number of carbonyl (C=O) groups is 2. The van der Waals surface area contributed by atoms with E-state index in [2.05, 4.69) is 0 Å². The molecule has 0 aliphatic heterocycles. The highest BCUT2D eigenvalue weighted by Gasteiger charge is 2.29. The molecule has 0 aromatic heterocycles. The fourth-order valence-corrected chi connectivity index (χ4v) is 1.46. The van der Waals surface area contributed by atoms with E-state index in [4.69, 9.17) is 5.11 Å². The average molecular weight is 156 g/mol. The lowest BCUT2D eigenvalue weighted by Gasteiger charge is -2.21. The summed E-state index contributed by atoms with van der Waals surface area (Å²) < 4.78 is 0. The van der Waals surface area contributed by atoms with Gasteiger partial charge in [-0.15, -0.1) is 0 Å². The highest BCUT2D eigenvalue weighted by atomic mass is 16.4. The molecule has 3 nitrogen and oxygen atoms in total. The molecule has 0 radical (unpaired) electrons. The summed E-state index contributed by atoms with van der Waals surface area (Å²) in [5, 5.41) is 8.63. The van der Waals surface area contributed by atoms with Crippen molar-refractivity contribution in [1.82, 2.24) is 0 Å². The summed E-state index contributed by atoms with van der Waals surface area (Å²) in [5.41, 5.74) is 0. The molecule has 0 heterocycles. The maximum Gasteiger partial charge on any atom is 0.306 e. The van der Waals surface area contributed by atoms with Gasteiger partial charge in [0.1, 0.15) is 5.78 Å². The van der Waals surface area contributed by atoms with Crippen molar-refractivity contribution >= 4 is 11.8 Å².